The lowest BCUT2D eigenvalue weighted by Gasteiger charge is -2.24. The van der Waals surface area contributed by atoms with Crippen molar-refractivity contribution in [3.05, 3.63) is 22.7 Å². The summed E-state index contributed by atoms with van der Waals surface area (Å²) in [5.74, 6) is 1.15. The summed E-state index contributed by atoms with van der Waals surface area (Å²) in [4.78, 5) is 14.6. The zero-order valence-corrected chi connectivity index (χ0v) is 15.1. The second-order valence-corrected chi connectivity index (χ2v) is 6.84. The molecule has 2 aliphatic heterocycles. The van der Waals surface area contributed by atoms with Crippen molar-refractivity contribution < 1.29 is 24.1 Å². The maximum atomic E-state index is 12.8. The molecule has 0 aromatic heterocycles. The predicted molar refractivity (Wildman–Crippen MR) is 93.4 cm³/mol. The van der Waals surface area contributed by atoms with Crippen molar-refractivity contribution in [3.8, 4) is 11.5 Å². The second kappa shape index (κ2) is 8.25. The zero-order chi connectivity index (χ0) is 17.8. The van der Waals surface area contributed by atoms with Gasteiger partial charge in [-0.2, -0.15) is 0 Å². The van der Waals surface area contributed by atoms with Crippen LogP contribution >= 0.6 is 11.6 Å². The Morgan fingerprint density at radius 1 is 1.40 bits per heavy atom. The Bertz CT molecular complexity index is 624. The highest BCUT2D eigenvalue weighted by Gasteiger charge is 2.34. The van der Waals surface area contributed by atoms with E-state index < -0.39 is 0 Å². The quantitative estimate of drug-likeness (QED) is 0.860. The number of fused-ring (bicyclic) bond motifs is 1. The van der Waals surface area contributed by atoms with Crippen LogP contribution in [0.15, 0.2) is 12.1 Å². The molecule has 1 fully saturated rings. The van der Waals surface area contributed by atoms with Crippen LogP contribution in [0.25, 0.3) is 0 Å². The van der Waals surface area contributed by atoms with Gasteiger partial charge in [-0.15, -0.1) is 0 Å². The molecule has 0 aliphatic carbocycles. The summed E-state index contributed by atoms with van der Waals surface area (Å²) in [6, 6.07) is 3.60. The van der Waals surface area contributed by atoms with Crippen LogP contribution in [0.4, 0.5) is 0 Å². The monoisotopic (exact) mass is 369 g/mol. The maximum Gasteiger partial charge on any atom is 0.227 e. The topological polar surface area (TPSA) is 68.2 Å². The van der Waals surface area contributed by atoms with E-state index in [0.29, 0.717) is 42.7 Å². The van der Waals surface area contributed by atoms with Gasteiger partial charge in [0.2, 0.25) is 5.91 Å². The largest absolute Gasteiger partial charge is 0.489 e. The van der Waals surface area contributed by atoms with Crippen molar-refractivity contribution in [1.29, 1.82) is 0 Å². The summed E-state index contributed by atoms with van der Waals surface area (Å²) in [5, 5.41) is 9.71. The molecule has 1 saturated heterocycles. The van der Waals surface area contributed by atoms with Crippen LogP contribution in [0.5, 0.6) is 11.5 Å². The molecule has 2 aliphatic rings. The van der Waals surface area contributed by atoms with E-state index >= 15 is 0 Å². The molecule has 1 aromatic carbocycles. The zero-order valence-electron chi connectivity index (χ0n) is 14.4. The number of benzene rings is 1. The third-order valence-electron chi connectivity index (χ3n) is 4.71. The normalized spacial score (nSPS) is 22.8. The highest BCUT2D eigenvalue weighted by atomic mass is 35.5. The highest BCUT2D eigenvalue weighted by Crippen LogP contribution is 2.38. The SMILES string of the molecule is CO[C@H]1C[C@@H](CCO)N(C(=O)Cc2cc(Cl)c3c(c2)OCCCO3)C1. The molecule has 25 heavy (non-hydrogen) atoms. The molecule has 7 heteroatoms. The Hall–Kier alpha value is -1.50. The van der Waals surface area contributed by atoms with E-state index in [1.165, 1.54) is 0 Å². The summed E-state index contributed by atoms with van der Waals surface area (Å²) in [6.45, 7) is 1.75. The fourth-order valence-corrected chi connectivity index (χ4v) is 3.72. The van der Waals surface area contributed by atoms with Crippen molar-refractivity contribution >= 4 is 17.5 Å². The van der Waals surface area contributed by atoms with Gasteiger partial charge < -0.3 is 24.2 Å². The molecule has 0 bridgehead atoms. The number of aliphatic hydroxyl groups excluding tert-OH is 1. The molecule has 1 N–H and O–H groups in total. The molecular formula is C18H24ClNO5. The van der Waals surface area contributed by atoms with Gasteiger partial charge in [-0.1, -0.05) is 11.6 Å². The Balaban J connectivity index is 1.74. The predicted octanol–water partition coefficient (Wildman–Crippen LogP) is 2.04. The average Bonchev–Trinajstić information content (AvgIpc) is 2.84. The van der Waals surface area contributed by atoms with Crippen molar-refractivity contribution in [2.45, 2.75) is 37.8 Å². The standard InChI is InChI=1S/C18H24ClNO5/c1-23-14-10-13(3-4-21)20(11-14)17(22)9-12-7-15(19)18-16(8-12)24-5-2-6-25-18/h7-8,13-14,21H,2-6,9-11H2,1H3/t13-,14+/m1/s1. The van der Waals surface area contributed by atoms with Gasteiger partial charge in [-0.3, -0.25) is 4.79 Å². The number of likely N-dealkylation sites (tertiary alicyclic amines) is 1. The van der Waals surface area contributed by atoms with E-state index in [4.69, 9.17) is 25.8 Å². The fourth-order valence-electron chi connectivity index (χ4n) is 3.44. The fraction of sp³-hybridized carbons (Fsp3) is 0.611. The molecule has 2 atom stereocenters. The van der Waals surface area contributed by atoms with Crippen LogP contribution in [0, 0.1) is 0 Å². The van der Waals surface area contributed by atoms with Crippen LogP contribution in [-0.2, 0) is 16.0 Å². The van der Waals surface area contributed by atoms with Crippen LogP contribution < -0.4 is 9.47 Å². The second-order valence-electron chi connectivity index (χ2n) is 6.44. The number of halogens is 1. The number of nitrogens with zero attached hydrogens (tertiary/aromatic N) is 1. The summed E-state index contributed by atoms with van der Waals surface area (Å²) >= 11 is 6.30. The third kappa shape index (κ3) is 4.19. The molecule has 3 rings (SSSR count). The van der Waals surface area contributed by atoms with Crippen molar-refractivity contribution in [3.63, 3.8) is 0 Å². The Morgan fingerprint density at radius 3 is 2.96 bits per heavy atom. The van der Waals surface area contributed by atoms with Crippen molar-refractivity contribution in [2.75, 3.05) is 33.5 Å². The Morgan fingerprint density at radius 2 is 2.20 bits per heavy atom. The first-order chi connectivity index (χ1) is 12.1. The van der Waals surface area contributed by atoms with Gasteiger partial charge in [0.05, 0.1) is 30.8 Å². The first kappa shape index (κ1) is 18.3. The summed E-state index contributed by atoms with van der Waals surface area (Å²) < 4.78 is 16.7. The van der Waals surface area contributed by atoms with Gasteiger partial charge in [0.25, 0.3) is 0 Å². The average molecular weight is 370 g/mol. The smallest absolute Gasteiger partial charge is 0.227 e. The molecule has 0 spiro atoms. The molecule has 2 heterocycles. The summed E-state index contributed by atoms with van der Waals surface area (Å²) in [7, 11) is 1.65. The lowest BCUT2D eigenvalue weighted by molar-refractivity contribution is -0.131. The van der Waals surface area contributed by atoms with E-state index in [2.05, 4.69) is 0 Å². The number of carbonyl (C=O) groups excluding carboxylic acids is 1. The Labute approximate surface area is 152 Å². The van der Waals surface area contributed by atoms with E-state index in [-0.39, 0.29) is 31.1 Å². The number of amides is 1. The van der Waals surface area contributed by atoms with Crippen LogP contribution in [0.3, 0.4) is 0 Å². The first-order valence-corrected chi connectivity index (χ1v) is 9.01. The van der Waals surface area contributed by atoms with E-state index in [9.17, 15) is 9.90 Å². The molecule has 0 saturated carbocycles. The number of hydrogen-bond acceptors (Lipinski definition) is 5. The van der Waals surface area contributed by atoms with E-state index in [1.807, 2.05) is 6.07 Å². The summed E-state index contributed by atoms with van der Waals surface area (Å²) in [5.41, 5.74) is 0.794. The lowest BCUT2D eigenvalue weighted by Crippen LogP contribution is -2.37. The first-order valence-electron chi connectivity index (χ1n) is 8.63. The van der Waals surface area contributed by atoms with Gasteiger partial charge in [0.1, 0.15) is 0 Å². The number of carbonyl (C=O) groups is 1. The van der Waals surface area contributed by atoms with E-state index in [0.717, 1.165) is 18.4 Å². The minimum Gasteiger partial charge on any atom is -0.489 e. The van der Waals surface area contributed by atoms with Gasteiger partial charge in [-0.05, 0) is 30.5 Å². The van der Waals surface area contributed by atoms with Crippen molar-refractivity contribution in [2.24, 2.45) is 0 Å². The van der Waals surface area contributed by atoms with E-state index in [1.54, 1.807) is 18.1 Å². The van der Waals surface area contributed by atoms with Gasteiger partial charge >= 0.3 is 0 Å². The van der Waals surface area contributed by atoms with Crippen molar-refractivity contribution in [1.82, 2.24) is 4.90 Å². The molecule has 0 radical (unpaired) electrons. The maximum absolute atomic E-state index is 12.8. The van der Waals surface area contributed by atoms with Gasteiger partial charge in [0, 0.05) is 32.7 Å². The number of ether oxygens (including phenoxy) is 3. The highest BCUT2D eigenvalue weighted by molar-refractivity contribution is 6.32. The molecule has 6 nitrogen and oxygen atoms in total. The molecule has 138 valence electrons. The molecule has 1 aromatic rings. The minimum absolute atomic E-state index is 0.00329. The molecule has 1 amide bonds. The molecular weight excluding hydrogens is 346 g/mol. The third-order valence-corrected chi connectivity index (χ3v) is 4.99. The van der Waals surface area contributed by atoms with Crippen LogP contribution in [0.1, 0.15) is 24.8 Å². The lowest BCUT2D eigenvalue weighted by atomic mass is 10.1. The number of methoxy groups -OCH3 is 1. The minimum atomic E-state index is 0.00329. The van der Waals surface area contributed by atoms with Crippen LogP contribution in [0.2, 0.25) is 5.02 Å². The number of aliphatic hydroxyl groups is 1. The summed E-state index contributed by atoms with van der Waals surface area (Å²) in [6.07, 6.45) is 2.37. The number of rotatable bonds is 5. The molecule has 0 unspecified atom stereocenters. The number of hydrogen-bond donors (Lipinski definition) is 1. The van der Waals surface area contributed by atoms with Crippen LogP contribution in [-0.4, -0.2) is 61.5 Å². The van der Waals surface area contributed by atoms with Gasteiger partial charge in [-0.25, -0.2) is 0 Å². The van der Waals surface area contributed by atoms with Gasteiger partial charge in [0.15, 0.2) is 11.5 Å². The Kier molecular flexibility index (Phi) is 6.04.